The second kappa shape index (κ2) is 11.4. The largest absolute Gasteiger partial charge is 0.481 e. The summed E-state index contributed by atoms with van der Waals surface area (Å²) in [7, 11) is 0.194. The quantitative estimate of drug-likeness (QED) is 0.205. The number of hydrogen-bond acceptors (Lipinski definition) is 7. The molecular formula is C23H31FN4O5SSi. The Morgan fingerprint density at radius 3 is 2.60 bits per heavy atom. The molecule has 0 spiro atoms. The maximum Gasteiger partial charge on any atom is 0.323 e. The SMILES string of the molecule is COc1cc(-c2cc(F)cc(C(C)C)c2Oc2nc(S(=O)O)nn2COCC[Si](C)(C)C)ccn1. The van der Waals surface area contributed by atoms with Crippen LogP contribution in [0.4, 0.5) is 4.39 Å². The molecule has 2 aromatic heterocycles. The molecule has 1 N–H and O–H groups in total. The first-order chi connectivity index (χ1) is 16.5. The summed E-state index contributed by atoms with van der Waals surface area (Å²) in [5.74, 6) is 0.181. The van der Waals surface area contributed by atoms with Crippen LogP contribution in [0.1, 0.15) is 25.3 Å². The van der Waals surface area contributed by atoms with E-state index >= 15 is 0 Å². The fraction of sp³-hybridized carbons (Fsp3) is 0.435. The lowest BCUT2D eigenvalue weighted by molar-refractivity contribution is 0.0723. The fourth-order valence-electron chi connectivity index (χ4n) is 3.22. The fourth-order valence-corrected chi connectivity index (χ4v) is 4.30. The molecule has 1 unspecified atom stereocenters. The molecule has 0 fully saturated rings. The van der Waals surface area contributed by atoms with Gasteiger partial charge in [-0.2, -0.15) is 9.67 Å². The van der Waals surface area contributed by atoms with E-state index in [-0.39, 0.29) is 23.8 Å². The van der Waals surface area contributed by atoms with Gasteiger partial charge in [0.25, 0.3) is 5.16 Å². The van der Waals surface area contributed by atoms with Crippen molar-refractivity contribution >= 4 is 19.2 Å². The number of rotatable bonds is 11. The molecule has 3 rings (SSSR count). The van der Waals surface area contributed by atoms with Gasteiger partial charge in [0.15, 0.2) is 0 Å². The summed E-state index contributed by atoms with van der Waals surface area (Å²) in [6.07, 6.45) is 1.56. The average Bonchev–Trinajstić information content (AvgIpc) is 3.20. The van der Waals surface area contributed by atoms with Crippen LogP contribution >= 0.6 is 0 Å². The van der Waals surface area contributed by atoms with E-state index in [0.29, 0.717) is 34.9 Å². The van der Waals surface area contributed by atoms with E-state index < -0.39 is 25.0 Å². The maximum atomic E-state index is 14.6. The van der Waals surface area contributed by atoms with Crippen LogP contribution in [0.3, 0.4) is 0 Å². The molecular weight excluding hydrogens is 491 g/mol. The lowest BCUT2D eigenvalue weighted by Crippen LogP contribution is -2.22. The van der Waals surface area contributed by atoms with Crippen molar-refractivity contribution in [3.8, 4) is 28.8 Å². The molecule has 35 heavy (non-hydrogen) atoms. The van der Waals surface area contributed by atoms with Crippen molar-refractivity contribution < 1.29 is 27.4 Å². The van der Waals surface area contributed by atoms with Crippen LogP contribution in [-0.2, 0) is 22.5 Å². The first-order valence-corrected chi connectivity index (χ1v) is 15.9. The van der Waals surface area contributed by atoms with Crippen molar-refractivity contribution in [1.29, 1.82) is 0 Å². The summed E-state index contributed by atoms with van der Waals surface area (Å²) in [5.41, 5.74) is 1.67. The number of hydrogen-bond donors (Lipinski definition) is 1. The highest BCUT2D eigenvalue weighted by atomic mass is 32.2. The van der Waals surface area contributed by atoms with Gasteiger partial charge in [0.1, 0.15) is 18.3 Å². The van der Waals surface area contributed by atoms with Crippen LogP contribution in [0, 0.1) is 5.82 Å². The van der Waals surface area contributed by atoms with Gasteiger partial charge in [-0.1, -0.05) is 33.5 Å². The molecule has 0 saturated heterocycles. The molecule has 0 aliphatic heterocycles. The van der Waals surface area contributed by atoms with Crippen molar-refractivity contribution in [3.63, 3.8) is 0 Å². The van der Waals surface area contributed by atoms with Crippen LogP contribution < -0.4 is 9.47 Å². The van der Waals surface area contributed by atoms with Gasteiger partial charge in [0, 0.05) is 38.1 Å². The van der Waals surface area contributed by atoms with Crippen molar-refractivity contribution in [3.05, 3.63) is 41.8 Å². The van der Waals surface area contributed by atoms with E-state index in [2.05, 4.69) is 34.7 Å². The third kappa shape index (κ3) is 7.16. The summed E-state index contributed by atoms with van der Waals surface area (Å²) >= 11 is -2.42. The Hall–Kier alpha value is -2.67. The Balaban J connectivity index is 2.04. The first kappa shape index (κ1) is 26.9. The molecule has 1 aromatic carbocycles. The second-order valence-electron chi connectivity index (χ2n) is 9.49. The lowest BCUT2D eigenvalue weighted by Gasteiger charge is -2.19. The molecule has 2 heterocycles. The van der Waals surface area contributed by atoms with Gasteiger partial charge in [-0.3, -0.25) is 4.55 Å². The summed E-state index contributed by atoms with van der Waals surface area (Å²) in [6, 6.07) is 7.05. The van der Waals surface area contributed by atoms with Crippen LogP contribution in [0.5, 0.6) is 17.6 Å². The van der Waals surface area contributed by atoms with Crippen molar-refractivity contribution in [1.82, 2.24) is 19.7 Å². The minimum Gasteiger partial charge on any atom is -0.481 e. The molecule has 0 aliphatic rings. The molecule has 12 heteroatoms. The Bertz CT molecular complexity index is 1200. The summed E-state index contributed by atoms with van der Waals surface area (Å²) in [5, 5.41) is 3.76. The minimum atomic E-state index is -2.42. The second-order valence-corrected chi connectivity index (χ2v) is 16.0. The number of ether oxygens (including phenoxy) is 3. The van der Waals surface area contributed by atoms with Crippen molar-refractivity contribution in [2.45, 2.75) is 57.3 Å². The molecule has 0 saturated carbocycles. The van der Waals surface area contributed by atoms with E-state index in [1.165, 1.54) is 23.9 Å². The number of pyridine rings is 1. The Kier molecular flexibility index (Phi) is 8.75. The predicted octanol–water partition coefficient (Wildman–Crippen LogP) is 5.30. The van der Waals surface area contributed by atoms with Crippen molar-refractivity contribution in [2.24, 2.45) is 0 Å². The molecule has 9 nitrogen and oxygen atoms in total. The van der Waals surface area contributed by atoms with Gasteiger partial charge in [-0.05, 0) is 35.7 Å². The summed E-state index contributed by atoms with van der Waals surface area (Å²) < 4.78 is 54.3. The van der Waals surface area contributed by atoms with Gasteiger partial charge < -0.3 is 14.2 Å². The number of aromatic nitrogens is 4. The van der Waals surface area contributed by atoms with E-state index in [9.17, 15) is 13.2 Å². The highest BCUT2D eigenvalue weighted by molar-refractivity contribution is 7.79. The minimum absolute atomic E-state index is 0.0133. The van der Waals surface area contributed by atoms with Gasteiger partial charge in [-0.25, -0.2) is 13.6 Å². The topological polar surface area (TPSA) is 109 Å². The smallest absolute Gasteiger partial charge is 0.323 e. The molecule has 190 valence electrons. The van der Waals surface area contributed by atoms with Crippen LogP contribution in [0.2, 0.25) is 25.7 Å². The Morgan fingerprint density at radius 2 is 1.97 bits per heavy atom. The third-order valence-corrected chi connectivity index (χ3v) is 7.33. The Morgan fingerprint density at radius 1 is 1.23 bits per heavy atom. The standard InChI is InChI=1S/C23H31FN4O5SSi/c1-15(2)18-12-17(24)13-19(16-7-8-25-20(11-16)31-3)21(18)33-23-26-22(34(29)30)27-28(23)14-32-9-10-35(4,5)6/h7-8,11-13,15H,9-10,14H2,1-6H3,(H,29,30). The average molecular weight is 523 g/mol. The molecule has 0 aliphatic carbocycles. The van der Waals surface area contributed by atoms with Crippen molar-refractivity contribution in [2.75, 3.05) is 13.7 Å². The highest BCUT2D eigenvalue weighted by Gasteiger charge is 2.23. The number of benzene rings is 1. The van der Waals surface area contributed by atoms with Gasteiger partial charge in [0.05, 0.1) is 7.11 Å². The lowest BCUT2D eigenvalue weighted by atomic mass is 9.95. The predicted molar refractivity (Wildman–Crippen MR) is 134 cm³/mol. The Labute approximate surface area is 208 Å². The normalized spacial score (nSPS) is 12.7. The number of methoxy groups -OCH3 is 1. The number of nitrogens with zero attached hydrogens (tertiary/aromatic N) is 4. The van der Waals surface area contributed by atoms with Crippen LogP contribution in [-0.4, -0.2) is 50.3 Å². The zero-order chi connectivity index (χ0) is 25.8. The maximum absolute atomic E-state index is 14.6. The van der Waals surface area contributed by atoms with E-state index in [4.69, 9.17) is 14.2 Å². The number of halogens is 1. The van der Waals surface area contributed by atoms with Gasteiger partial charge >= 0.3 is 6.01 Å². The van der Waals surface area contributed by atoms with Crippen LogP contribution in [0.25, 0.3) is 11.1 Å². The zero-order valence-electron chi connectivity index (χ0n) is 20.7. The first-order valence-electron chi connectivity index (χ1n) is 11.1. The molecule has 0 amide bonds. The summed E-state index contributed by atoms with van der Waals surface area (Å²) in [4.78, 5) is 8.22. The molecule has 0 radical (unpaired) electrons. The molecule has 0 bridgehead atoms. The molecule has 1 atom stereocenters. The van der Waals surface area contributed by atoms with E-state index in [0.717, 1.165) is 6.04 Å². The van der Waals surface area contributed by atoms with Gasteiger partial charge in [-0.15, -0.1) is 5.10 Å². The van der Waals surface area contributed by atoms with Gasteiger partial charge in [0.2, 0.25) is 17.0 Å². The van der Waals surface area contributed by atoms with E-state index in [1.807, 2.05) is 13.8 Å². The molecule has 3 aromatic rings. The van der Waals surface area contributed by atoms with E-state index in [1.54, 1.807) is 18.3 Å². The van der Waals surface area contributed by atoms with Crippen LogP contribution in [0.15, 0.2) is 35.6 Å². The summed E-state index contributed by atoms with van der Waals surface area (Å²) in [6.45, 7) is 11.1. The third-order valence-electron chi connectivity index (χ3n) is 5.14. The zero-order valence-corrected chi connectivity index (χ0v) is 22.6. The monoisotopic (exact) mass is 522 g/mol. The highest BCUT2D eigenvalue weighted by Crippen LogP contribution is 2.40.